The molecule has 1 fully saturated rings. The largest absolute Gasteiger partial charge is 0.379 e. The lowest BCUT2D eigenvalue weighted by Crippen LogP contribution is -2.37. The molecule has 0 amide bonds. The predicted molar refractivity (Wildman–Crippen MR) is 126 cm³/mol. The van der Waals surface area contributed by atoms with E-state index in [2.05, 4.69) is 69.1 Å². The lowest BCUT2D eigenvalue weighted by Gasteiger charge is -2.19. The van der Waals surface area contributed by atoms with Gasteiger partial charge < -0.3 is 25.0 Å². The van der Waals surface area contributed by atoms with Crippen LogP contribution in [0, 0.1) is 0 Å². The average molecular weight is 423 g/mol. The summed E-state index contributed by atoms with van der Waals surface area (Å²) in [7, 11) is 1.80. The first-order valence-electron chi connectivity index (χ1n) is 11.4. The third kappa shape index (κ3) is 6.21. The molecule has 1 saturated heterocycles. The van der Waals surface area contributed by atoms with Crippen molar-refractivity contribution in [1.29, 1.82) is 0 Å². The maximum Gasteiger partial charge on any atom is 0.191 e. The molecule has 0 aromatic heterocycles. The molecular formula is C25H34N4O2. The lowest BCUT2D eigenvalue weighted by molar-refractivity contribution is 0.0420. The van der Waals surface area contributed by atoms with Crippen LogP contribution >= 0.6 is 0 Å². The lowest BCUT2D eigenvalue weighted by atomic mass is 10.1. The van der Waals surface area contributed by atoms with E-state index in [4.69, 9.17) is 9.47 Å². The van der Waals surface area contributed by atoms with Crippen LogP contribution in [0.5, 0.6) is 0 Å². The van der Waals surface area contributed by atoms with Gasteiger partial charge in [0, 0.05) is 52.1 Å². The summed E-state index contributed by atoms with van der Waals surface area (Å²) in [5, 5.41) is 6.75. The molecule has 0 radical (unpaired) electrons. The number of anilines is 1. The molecule has 31 heavy (non-hydrogen) atoms. The standard InChI is InChI=1S/C25H34N4O2/c1-26-25(27-13-4-15-31-23-12-16-30-19-23)28-17-20-7-9-21(10-8-20)18-29-14-11-22-5-2-3-6-24(22)29/h2-3,5-10,23H,4,11-19H2,1H3,(H2,26,27,28). The number of hydrogen-bond acceptors (Lipinski definition) is 4. The van der Waals surface area contributed by atoms with Crippen LogP contribution in [0.25, 0.3) is 0 Å². The molecule has 2 aromatic carbocycles. The van der Waals surface area contributed by atoms with Crippen molar-refractivity contribution in [3.8, 4) is 0 Å². The summed E-state index contributed by atoms with van der Waals surface area (Å²) in [4.78, 5) is 6.78. The number of benzene rings is 2. The van der Waals surface area contributed by atoms with Crippen LogP contribution in [0.1, 0.15) is 29.5 Å². The van der Waals surface area contributed by atoms with E-state index in [-0.39, 0.29) is 6.10 Å². The molecule has 0 spiro atoms. The molecule has 0 saturated carbocycles. The topological polar surface area (TPSA) is 58.1 Å². The highest BCUT2D eigenvalue weighted by atomic mass is 16.5. The first-order valence-corrected chi connectivity index (χ1v) is 11.4. The molecule has 6 nitrogen and oxygen atoms in total. The van der Waals surface area contributed by atoms with Crippen LogP contribution in [-0.2, 0) is 29.0 Å². The predicted octanol–water partition coefficient (Wildman–Crippen LogP) is 3.11. The number of aliphatic imine (C=N–C) groups is 1. The van der Waals surface area contributed by atoms with Crippen molar-refractivity contribution in [1.82, 2.24) is 10.6 Å². The highest BCUT2D eigenvalue weighted by molar-refractivity contribution is 5.79. The summed E-state index contributed by atoms with van der Waals surface area (Å²) >= 11 is 0. The molecule has 2 aromatic rings. The zero-order chi connectivity index (χ0) is 21.3. The number of nitrogens with one attached hydrogen (secondary N) is 2. The van der Waals surface area contributed by atoms with Crippen LogP contribution in [0.4, 0.5) is 5.69 Å². The van der Waals surface area contributed by atoms with Gasteiger partial charge in [-0.3, -0.25) is 4.99 Å². The molecular weight excluding hydrogens is 388 g/mol. The SMILES string of the molecule is CN=C(NCCCOC1CCOC1)NCc1ccc(CN2CCc3ccccc32)cc1. The number of ether oxygens (including phenoxy) is 2. The minimum Gasteiger partial charge on any atom is -0.379 e. The molecule has 2 aliphatic rings. The van der Waals surface area contributed by atoms with Gasteiger partial charge in [-0.1, -0.05) is 42.5 Å². The summed E-state index contributed by atoms with van der Waals surface area (Å²) in [5.74, 6) is 0.821. The first kappa shape index (κ1) is 21.7. The fourth-order valence-electron chi connectivity index (χ4n) is 4.13. The second kappa shape index (κ2) is 11.2. The van der Waals surface area contributed by atoms with E-state index < -0.39 is 0 Å². The fourth-order valence-corrected chi connectivity index (χ4v) is 4.13. The van der Waals surface area contributed by atoms with E-state index in [1.807, 2.05) is 0 Å². The smallest absolute Gasteiger partial charge is 0.191 e. The Kier molecular flexibility index (Phi) is 7.80. The minimum atomic E-state index is 0.278. The van der Waals surface area contributed by atoms with Crippen molar-refractivity contribution in [2.24, 2.45) is 4.99 Å². The molecule has 0 bridgehead atoms. The van der Waals surface area contributed by atoms with Gasteiger partial charge >= 0.3 is 0 Å². The number of para-hydroxylation sites is 1. The van der Waals surface area contributed by atoms with E-state index in [0.717, 1.165) is 71.2 Å². The first-order chi connectivity index (χ1) is 15.3. The second-order valence-corrected chi connectivity index (χ2v) is 8.18. The van der Waals surface area contributed by atoms with Crippen LogP contribution < -0.4 is 15.5 Å². The van der Waals surface area contributed by atoms with Crippen molar-refractivity contribution < 1.29 is 9.47 Å². The second-order valence-electron chi connectivity index (χ2n) is 8.18. The van der Waals surface area contributed by atoms with Crippen molar-refractivity contribution >= 4 is 11.6 Å². The Bertz CT molecular complexity index is 847. The number of hydrogen-bond donors (Lipinski definition) is 2. The summed E-state index contributed by atoms with van der Waals surface area (Å²) < 4.78 is 11.1. The van der Waals surface area contributed by atoms with E-state index >= 15 is 0 Å². The van der Waals surface area contributed by atoms with Gasteiger partial charge in [0.1, 0.15) is 0 Å². The summed E-state index contributed by atoms with van der Waals surface area (Å²) in [6, 6.07) is 17.6. The molecule has 1 unspecified atom stereocenters. The summed E-state index contributed by atoms with van der Waals surface area (Å²) in [6.45, 7) is 5.97. The number of nitrogens with zero attached hydrogens (tertiary/aromatic N) is 2. The molecule has 2 heterocycles. The van der Waals surface area contributed by atoms with E-state index in [1.54, 1.807) is 7.05 Å². The summed E-state index contributed by atoms with van der Waals surface area (Å²) in [6.07, 6.45) is 3.39. The Balaban J connectivity index is 1.16. The highest BCUT2D eigenvalue weighted by Gasteiger charge is 2.18. The van der Waals surface area contributed by atoms with Crippen molar-refractivity contribution in [3.05, 3.63) is 65.2 Å². The maximum atomic E-state index is 5.80. The van der Waals surface area contributed by atoms with Crippen LogP contribution in [0.3, 0.4) is 0 Å². The van der Waals surface area contributed by atoms with Gasteiger partial charge in [0.2, 0.25) is 0 Å². The number of fused-ring (bicyclic) bond motifs is 1. The average Bonchev–Trinajstić information content (AvgIpc) is 3.47. The molecule has 4 rings (SSSR count). The number of guanidine groups is 1. The van der Waals surface area contributed by atoms with Crippen molar-refractivity contribution in [2.75, 3.05) is 44.9 Å². The quantitative estimate of drug-likeness (QED) is 0.369. The van der Waals surface area contributed by atoms with Gasteiger partial charge in [0.25, 0.3) is 0 Å². The van der Waals surface area contributed by atoms with Crippen LogP contribution in [-0.4, -0.2) is 52.0 Å². The normalized spacial score (nSPS) is 18.3. The van der Waals surface area contributed by atoms with Gasteiger partial charge in [0.05, 0.1) is 12.7 Å². The molecule has 1 atom stereocenters. The molecule has 166 valence electrons. The number of rotatable bonds is 9. The molecule has 0 aliphatic carbocycles. The van der Waals surface area contributed by atoms with Gasteiger partial charge in [-0.05, 0) is 42.0 Å². The van der Waals surface area contributed by atoms with Crippen LogP contribution in [0.2, 0.25) is 0 Å². The Morgan fingerprint density at radius 3 is 2.77 bits per heavy atom. The zero-order valence-electron chi connectivity index (χ0n) is 18.5. The monoisotopic (exact) mass is 422 g/mol. The third-order valence-electron chi connectivity index (χ3n) is 5.92. The van der Waals surface area contributed by atoms with Crippen molar-refractivity contribution in [3.63, 3.8) is 0 Å². The Morgan fingerprint density at radius 2 is 1.97 bits per heavy atom. The molecule has 2 aliphatic heterocycles. The fraction of sp³-hybridized carbons (Fsp3) is 0.480. The highest BCUT2D eigenvalue weighted by Crippen LogP contribution is 2.28. The minimum absolute atomic E-state index is 0.278. The van der Waals surface area contributed by atoms with E-state index in [1.165, 1.54) is 22.4 Å². The Morgan fingerprint density at radius 1 is 1.13 bits per heavy atom. The van der Waals surface area contributed by atoms with E-state index in [9.17, 15) is 0 Å². The Labute approximate surface area is 185 Å². The van der Waals surface area contributed by atoms with Gasteiger partial charge in [-0.15, -0.1) is 0 Å². The Hall–Kier alpha value is -2.57. The van der Waals surface area contributed by atoms with Gasteiger partial charge in [-0.2, -0.15) is 0 Å². The maximum absolute atomic E-state index is 5.80. The van der Waals surface area contributed by atoms with E-state index in [0.29, 0.717) is 0 Å². The molecule has 6 heteroatoms. The molecule has 2 N–H and O–H groups in total. The van der Waals surface area contributed by atoms with Crippen molar-refractivity contribution in [2.45, 2.75) is 38.5 Å². The summed E-state index contributed by atoms with van der Waals surface area (Å²) in [5.41, 5.74) is 5.43. The third-order valence-corrected chi connectivity index (χ3v) is 5.92. The van der Waals surface area contributed by atoms with Gasteiger partial charge in [-0.25, -0.2) is 0 Å². The van der Waals surface area contributed by atoms with Crippen LogP contribution in [0.15, 0.2) is 53.5 Å². The zero-order valence-corrected chi connectivity index (χ0v) is 18.5. The van der Waals surface area contributed by atoms with Gasteiger partial charge in [0.15, 0.2) is 5.96 Å².